The average Bonchev–Trinajstić information content (AvgIpc) is 3.05. The first kappa shape index (κ1) is 10.4. The Labute approximate surface area is 109 Å². The lowest BCUT2D eigenvalue weighted by Gasteiger charge is -2.07. The molecule has 0 fully saturated rings. The van der Waals surface area contributed by atoms with Gasteiger partial charge in [-0.2, -0.15) is 0 Å². The molecule has 4 heteroatoms. The van der Waals surface area contributed by atoms with Crippen molar-refractivity contribution < 1.29 is 19.0 Å². The minimum Gasteiger partial charge on any atom is -0.457 e. The fourth-order valence-electron chi connectivity index (χ4n) is 2.48. The first-order chi connectivity index (χ1) is 9.33. The summed E-state index contributed by atoms with van der Waals surface area (Å²) in [5.41, 5.74) is 3.59. The van der Waals surface area contributed by atoms with Gasteiger partial charge in [-0.1, -0.05) is 18.2 Å². The number of benzene rings is 2. The number of fused-ring (bicyclic) bond motifs is 2. The van der Waals surface area contributed by atoms with Crippen molar-refractivity contribution >= 4 is 5.97 Å². The van der Waals surface area contributed by atoms with E-state index in [0.717, 1.165) is 28.2 Å². The molecule has 0 aromatic heterocycles. The van der Waals surface area contributed by atoms with Gasteiger partial charge >= 0.3 is 5.97 Å². The molecule has 2 heterocycles. The summed E-state index contributed by atoms with van der Waals surface area (Å²) in [4.78, 5) is 11.6. The van der Waals surface area contributed by atoms with Crippen LogP contribution in [0.15, 0.2) is 36.4 Å². The fraction of sp³-hybridized carbons (Fsp3) is 0.133. The van der Waals surface area contributed by atoms with Gasteiger partial charge in [0.25, 0.3) is 0 Å². The smallest absolute Gasteiger partial charge is 0.338 e. The van der Waals surface area contributed by atoms with Crippen LogP contribution < -0.4 is 9.47 Å². The number of carbonyl (C=O) groups is 1. The zero-order chi connectivity index (χ0) is 12.8. The van der Waals surface area contributed by atoms with Crippen LogP contribution in [0.5, 0.6) is 11.5 Å². The number of ether oxygens (including phenoxy) is 3. The first-order valence-corrected chi connectivity index (χ1v) is 6.02. The van der Waals surface area contributed by atoms with Crippen molar-refractivity contribution in [3.63, 3.8) is 0 Å². The maximum absolute atomic E-state index is 11.6. The highest BCUT2D eigenvalue weighted by molar-refractivity contribution is 5.96. The average molecular weight is 254 g/mol. The van der Waals surface area contributed by atoms with Gasteiger partial charge in [0.2, 0.25) is 6.79 Å². The molecule has 2 aliphatic rings. The summed E-state index contributed by atoms with van der Waals surface area (Å²) in [5, 5.41) is 0. The maximum atomic E-state index is 11.6. The zero-order valence-electron chi connectivity index (χ0n) is 10.0. The highest BCUT2D eigenvalue weighted by Gasteiger charge is 2.24. The predicted octanol–water partition coefficient (Wildman–Crippen LogP) is 2.75. The zero-order valence-corrected chi connectivity index (χ0v) is 10.0. The van der Waals surface area contributed by atoms with Crippen LogP contribution >= 0.6 is 0 Å². The Morgan fingerprint density at radius 2 is 1.74 bits per heavy atom. The second-order valence-electron chi connectivity index (χ2n) is 4.48. The molecule has 0 radical (unpaired) electrons. The quantitative estimate of drug-likeness (QED) is 0.734. The molecule has 0 atom stereocenters. The summed E-state index contributed by atoms with van der Waals surface area (Å²) in [6.07, 6.45) is 0. The van der Waals surface area contributed by atoms with Crippen LogP contribution in [0.1, 0.15) is 15.9 Å². The van der Waals surface area contributed by atoms with Crippen molar-refractivity contribution in [3.05, 3.63) is 47.5 Å². The minimum absolute atomic E-state index is 0.252. The van der Waals surface area contributed by atoms with Crippen molar-refractivity contribution in [2.75, 3.05) is 6.79 Å². The molecule has 4 rings (SSSR count). The summed E-state index contributed by atoms with van der Waals surface area (Å²) in [7, 11) is 0. The molecule has 2 aromatic rings. The highest BCUT2D eigenvalue weighted by Crippen LogP contribution is 2.38. The molecule has 0 spiro atoms. The van der Waals surface area contributed by atoms with Crippen molar-refractivity contribution in [3.8, 4) is 22.6 Å². The standard InChI is InChI=1S/C15H10O4/c16-15-11-3-1-2-10(12(11)7-17-15)9-4-5-13-14(6-9)19-8-18-13/h1-6H,7-8H2. The number of cyclic esters (lactones) is 1. The van der Waals surface area contributed by atoms with Crippen molar-refractivity contribution in [2.24, 2.45) is 0 Å². The van der Waals surface area contributed by atoms with Crippen LogP contribution in [0.3, 0.4) is 0 Å². The summed E-state index contributed by atoms with van der Waals surface area (Å²) in [6.45, 7) is 0.589. The van der Waals surface area contributed by atoms with E-state index >= 15 is 0 Å². The predicted molar refractivity (Wildman–Crippen MR) is 67.1 cm³/mol. The normalized spacial score (nSPS) is 15.3. The molecule has 2 aliphatic heterocycles. The van der Waals surface area contributed by atoms with Gasteiger partial charge in [-0.15, -0.1) is 0 Å². The number of hydrogen-bond donors (Lipinski definition) is 0. The third-order valence-electron chi connectivity index (χ3n) is 3.43. The van der Waals surface area contributed by atoms with Crippen LogP contribution in [-0.2, 0) is 11.3 Å². The first-order valence-electron chi connectivity index (χ1n) is 6.02. The topological polar surface area (TPSA) is 44.8 Å². The molecule has 94 valence electrons. The van der Waals surface area contributed by atoms with Crippen LogP contribution in [0, 0.1) is 0 Å². The van der Waals surface area contributed by atoms with Crippen molar-refractivity contribution in [2.45, 2.75) is 6.61 Å². The second kappa shape index (κ2) is 3.75. The number of hydrogen-bond acceptors (Lipinski definition) is 4. The monoisotopic (exact) mass is 254 g/mol. The molecule has 0 amide bonds. The van der Waals surface area contributed by atoms with E-state index in [-0.39, 0.29) is 12.8 Å². The van der Waals surface area contributed by atoms with Gasteiger partial charge in [-0.25, -0.2) is 4.79 Å². The van der Waals surface area contributed by atoms with Crippen LogP contribution in [0.25, 0.3) is 11.1 Å². The molecule has 0 aliphatic carbocycles. The summed E-state index contributed by atoms with van der Waals surface area (Å²) >= 11 is 0. The molecule has 4 nitrogen and oxygen atoms in total. The third-order valence-corrected chi connectivity index (χ3v) is 3.43. The Morgan fingerprint density at radius 3 is 2.68 bits per heavy atom. The van der Waals surface area contributed by atoms with Gasteiger partial charge in [0.1, 0.15) is 6.61 Å². The molecule has 19 heavy (non-hydrogen) atoms. The van der Waals surface area contributed by atoms with Crippen molar-refractivity contribution in [1.29, 1.82) is 0 Å². The minimum atomic E-state index is -0.252. The van der Waals surface area contributed by atoms with E-state index in [1.165, 1.54) is 0 Å². The maximum Gasteiger partial charge on any atom is 0.338 e. The molecule has 0 unspecified atom stereocenters. The number of rotatable bonds is 1. The third kappa shape index (κ3) is 1.50. The Kier molecular flexibility index (Phi) is 2.06. The van der Waals surface area contributed by atoms with E-state index in [9.17, 15) is 4.79 Å². The number of esters is 1. The molecule has 2 aromatic carbocycles. The van der Waals surface area contributed by atoms with Gasteiger partial charge in [0.15, 0.2) is 11.5 Å². The molecule has 0 saturated heterocycles. The summed E-state index contributed by atoms with van der Waals surface area (Å²) in [6, 6.07) is 11.4. The van der Waals surface area contributed by atoms with Gasteiger partial charge in [-0.05, 0) is 29.3 Å². The van der Waals surface area contributed by atoms with E-state index in [1.54, 1.807) is 6.07 Å². The molecule has 0 bridgehead atoms. The Morgan fingerprint density at radius 1 is 0.895 bits per heavy atom. The van der Waals surface area contributed by atoms with Crippen LogP contribution in [0.2, 0.25) is 0 Å². The van der Waals surface area contributed by atoms with E-state index in [2.05, 4.69) is 0 Å². The van der Waals surface area contributed by atoms with Gasteiger partial charge in [0, 0.05) is 5.56 Å². The van der Waals surface area contributed by atoms with E-state index in [1.807, 2.05) is 30.3 Å². The van der Waals surface area contributed by atoms with E-state index in [0.29, 0.717) is 12.2 Å². The highest BCUT2D eigenvalue weighted by atomic mass is 16.7. The molecule has 0 N–H and O–H groups in total. The molecule has 0 saturated carbocycles. The summed E-state index contributed by atoms with van der Waals surface area (Å²) < 4.78 is 15.8. The van der Waals surface area contributed by atoms with Gasteiger partial charge < -0.3 is 14.2 Å². The van der Waals surface area contributed by atoms with Crippen LogP contribution in [0.4, 0.5) is 0 Å². The SMILES string of the molecule is O=C1OCc2c1cccc2-c1ccc2c(c1)OCO2. The molecular weight excluding hydrogens is 244 g/mol. The fourth-order valence-corrected chi connectivity index (χ4v) is 2.48. The molecular formula is C15H10O4. The number of carbonyl (C=O) groups excluding carboxylic acids is 1. The van der Waals surface area contributed by atoms with Crippen molar-refractivity contribution in [1.82, 2.24) is 0 Å². The Bertz CT molecular complexity index is 691. The van der Waals surface area contributed by atoms with Gasteiger partial charge in [-0.3, -0.25) is 0 Å². The van der Waals surface area contributed by atoms with E-state index < -0.39 is 0 Å². The van der Waals surface area contributed by atoms with Crippen LogP contribution in [-0.4, -0.2) is 12.8 Å². The summed E-state index contributed by atoms with van der Waals surface area (Å²) in [5.74, 6) is 1.24. The van der Waals surface area contributed by atoms with Gasteiger partial charge in [0.05, 0.1) is 5.56 Å². The lowest BCUT2D eigenvalue weighted by molar-refractivity contribution is 0.0535. The Balaban J connectivity index is 1.88. The lowest BCUT2D eigenvalue weighted by Crippen LogP contribution is -1.93. The largest absolute Gasteiger partial charge is 0.457 e. The Hall–Kier alpha value is -2.49. The van der Waals surface area contributed by atoms with E-state index in [4.69, 9.17) is 14.2 Å². The second-order valence-corrected chi connectivity index (χ2v) is 4.48. The lowest BCUT2D eigenvalue weighted by atomic mass is 9.97.